The van der Waals surface area contributed by atoms with Crippen molar-refractivity contribution in [3.05, 3.63) is 75.8 Å². The molecule has 6 nitrogen and oxygen atoms in total. The fourth-order valence-corrected chi connectivity index (χ4v) is 3.63. The van der Waals surface area contributed by atoms with Crippen molar-refractivity contribution in [1.82, 2.24) is 4.90 Å². The molecule has 7 heteroatoms. The molecule has 1 aliphatic heterocycles. The van der Waals surface area contributed by atoms with E-state index in [4.69, 9.17) is 9.84 Å². The molecule has 0 bridgehead atoms. The minimum atomic E-state index is -0.728. The van der Waals surface area contributed by atoms with Gasteiger partial charge in [0.15, 0.2) is 0 Å². The van der Waals surface area contributed by atoms with Gasteiger partial charge >= 0.3 is 0 Å². The van der Waals surface area contributed by atoms with Crippen LogP contribution in [-0.4, -0.2) is 53.2 Å². The molecule has 1 aliphatic rings. The van der Waals surface area contributed by atoms with Crippen molar-refractivity contribution in [3.8, 4) is 0 Å². The summed E-state index contributed by atoms with van der Waals surface area (Å²) >= 11 is 3.42. The van der Waals surface area contributed by atoms with Gasteiger partial charge in [-0.1, -0.05) is 58.4 Å². The Morgan fingerprint density at radius 1 is 1.07 bits per heavy atom. The summed E-state index contributed by atoms with van der Waals surface area (Å²) in [5, 5.41) is 19.7. The van der Waals surface area contributed by atoms with E-state index < -0.39 is 17.7 Å². The highest BCUT2D eigenvalue weighted by atomic mass is 79.9. The van der Waals surface area contributed by atoms with Gasteiger partial charge in [0.1, 0.15) is 5.76 Å². The maximum absolute atomic E-state index is 12.8. The zero-order valence-electron chi connectivity index (χ0n) is 15.0. The number of nitrogens with zero attached hydrogens (tertiary/aromatic N) is 1. The quantitative estimate of drug-likeness (QED) is 0.296. The summed E-state index contributed by atoms with van der Waals surface area (Å²) < 4.78 is 6.07. The number of carbonyl (C=O) groups is 2. The molecule has 2 aromatic carbocycles. The molecule has 1 amide bonds. The van der Waals surface area contributed by atoms with Crippen LogP contribution in [0.25, 0.3) is 5.76 Å². The first-order chi connectivity index (χ1) is 13.5. The number of ketones is 1. The molecular formula is C21H20BrNO5. The van der Waals surface area contributed by atoms with E-state index in [1.54, 1.807) is 36.4 Å². The first-order valence-electron chi connectivity index (χ1n) is 8.82. The number of benzene rings is 2. The molecule has 1 saturated heterocycles. The van der Waals surface area contributed by atoms with Crippen LogP contribution >= 0.6 is 15.9 Å². The first-order valence-corrected chi connectivity index (χ1v) is 9.61. The highest BCUT2D eigenvalue weighted by Crippen LogP contribution is 2.39. The van der Waals surface area contributed by atoms with Crippen LogP contribution in [0.2, 0.25) is 0 Å². The average Bonchev–Trinajstić information content (AvgIpc) is 2.96. The van der Waals surface area contributed by atoms with Gasteiger partial charge in [0.05, 0.1) is 31.4 Å². The van der Waals surface area contributed by atoms with Crippen molar-refractivity contribution in [2.45, 2.75) is 6.04 Å². The lowest BCUT2D eigenvalue weighted by molar-refractivity contribution is -0.140. The lowest BCUT2D eigenvalue weighted by atomic mass is 9.95. The van der Waals surface area contributed by atoms with Gasteiger partial charge in [-0.05, 0) is 17.7 Å². The number of aliphatic hydroxyl groups is 2. The van der Waals surface area contributed by atoms with E-state index in [2.05, 4.69) is 15.9 Å². The van der Waals surface area contributed by atoms with Crippen molar-refractivity contribution in [1.29, 1.82) is 0 Å². The predicted molar refractivity (Wildman–Crippen MR) is 107 cm³/mol. The third kappa shape index (κ3) is 4.16. The van der Waals surface area contributed by atoms with Gasteiger partial charge in [0.25, 0.3) is 11.7 Å². The minimum Gasteiger partial charge on any atom is -0.507 e. The number of hydrogen-bond acceptors (Lipinski definition) is 5. The zero-order valence-corrected chi connectivity index (χ0v) is 16.6. The van der Waals surface area contributed by atoms with Crippen LogP contribution in [0.15, 0.2) is 64.6 Å². The van der Waals surface area contributed by atoms with Crippen LogP contribution in [-0.2, 0) is 14.3 Å². The van der Waals surface area contributed by atoms with Gasteiger partial charge in [0.2, 0.25) is 0 Å². The SMILES string of the molecule is O=C1C(=O)N(CCOCCO)C(c2cccc(Br)c2)C1=C(O)c1ccccc1. The highest BCUT2D eigenvalue weighted by Gasteiger charge is 2.45. The van der Waals surface area contributed by atoms with Gasteiger partial charge in [-0.25, -0.2) is 0 Å². The van der Waals surface area contributed by atoms with E-state index in [1.165, 1.54) is 4.90 Å². The van der Waals surface area contributed by atoms with Gasteiger partial charge in [-0.15, -0.1) is 0 Å². The Labute approximate surface area is 171 Å². The second-order valence-corrected chi connectivity index (χ2v) is 7.17. The number of aliphatic hydroxyl groups excluding tert-OH is 2. The van der Waals surface area contributed by atoms with Gasteiger partial charge in [0, 0.05) is 16.6 Å². The van der Waals surface area contributed by atoms with Crippen molar-refractivity contribution < 1.29 is 24.5 Å². The monoisotopic (exact) mass is 445 g/mol. The Morgan fingerprint density at radius 3 is 2.50 bits per heavy atom. The van der Waals surface area contributed by atoms with Crippen LogP contribution in [0.1, 0.15) is 17.2 Å². The molecule has 28 heavy (non-hydrogen) atoms. The van der Waals surface area contributed by atoms with Gasteiger partial charge in [-0.3, -0.25) is 9.59 Å². The normalized spacial score (nSPS) is 18.6. The molecule has 0 saturated carbocycles. The molecule has 1 atom stereocenters. The van der Waals surface area contributed by atoms with Crippen LogP contribution in [0.5, 0.6) is 0 Å². The highest BCUT2D eigenvalue weighted by molar-refractivity contribution is 9.10. The fourth-order valence-electron chi connectivity index (χ4n) is 3.21. The molecule has 0 spiro atoms. The molecule has 146 valence electrons. The molecule has 0 radical (unpaired) electrons. The molecular weight excluding hydrogens is 426 g/mol. The Bertz CT molecular complexity index is 897. The zero-order chi connectivity index (χ0) is 20.1. The maximum Gasteiger partial charge on any atom is 0.295 e. The summed E-state index contributed by atoms with van der Waals surface area (Å²) in [5.41, 5.74) is 1.22. The number of Topliss-reactive ketones (excluding diaryl/α,β-unsaturated/α-hetero) is 1. The molecule has 1 fully saturated rings. The molecule has 0 aliphatic carbocycles. The van der Waals surface area contributed by atoms with E-state index in [-0.39, 0.29) is 37.7 Å². The largest absolute Gasteiger partial charge is 0.507 e. The Hall–Kier alpha value is -2.48. The minimum absolute atomic E-state index is 0.0523. The van der Waals surface area contributed by atoms with Crippen LogP contribution in [0.3, 0.4) is 0 Å². The van der Waals surface area contributed by atoms with Crippen molar-refractivity contribution in [2.24, 2.45) is 0 Å². The molecule has 3 rings (SSSR count). The van der Waals surface area contributed by atoms with Crippen LogP contribution < -0.4 is 0 Å². The molecule has 1 unspecified atom stereocenters. The lowest BCUT2D eigenvalue weighted by Gasteiger charge is -2.25. The number of halogens is 1. The van der Waals surface area contributed by atoms with E-state index in [1.807, 2.05) is 18.2 Å². The third-order valence-electron chi connectivity index (χ3n) is 4.46. The molecule has 2 aromatic rings. The smallest absolute Gasteiger partial charge is 0.295 e. The van der Waals surface area contributed by atoms with Gasteiger partial charge < -0.3 is 19.8 Å². The van der Waals surface area contributed by atoms with E-state index in [0.29, 0.717) is 11.1 Å². The van der Waals surface area contributed by atoms with Crippen molar-refractivity contribution in [2.75, 3.05) is 26.4 Å². The van der Waals surface area contributed by atoms with E-state index in [0.717, 1.165) is 4.47 Å². The second kappa shape index (κ2) is 9.14. The van der Waals surface area contributed by atoms with Crippen LogP contribution in [0, 0.1) is 0 Å². The number of carbonyl (C=O) groups excluding carboxylic acids is 2. The lowest BCUT2D eigenvalue weighted by Crippen LogP contribution is -2.33. The Kier molecular flexibility index (Phi) is 6.61. The molecule has 2 N–H and O–H groups in total. The molecule has 1 heterocycles. The first kappa shape index (κ1) is 20.3. The topological polar surface area (TPSA) is 87.1 Å². The van der Waals surface area contributed by atoms with E-state index >= 15 is 0 Å². The number of ether oxygens (including phenoxy) is 1. The summed E-state index contributed by atoms with van der Waals surface area (Å²) in [7, 11) is 0. The average molecular weight is 446 g/mol. The van der Waals surface area contributed by atoms with Crippen LogP contribution in [0.4, 0.5) is 0 Å². The number of rotatable bonds is 7. The van der Waals surface area contributed by atoms with Gasteiger partial charge in [-0.2, -0.15) is 0 Å². The summed E-state index contributed by atoms with van der Waals surface area (Å²) in [5.74, 6) is -1.62. The van der Waals surface area contributed by atoms with Crippen molar-refractivity contribution in [3.63, 3.8) is 0 Å². The standard InChI is InChI=1S/C21H20BrNO5/c22-16-8-4-7-15(13-16)18-17(19(25)14-5-2-1-3-6-14)20(26)21(27)23(18)9-11-28-12-10-24/h1-8,13,18,24-25H,9-12H2. The second-order valence-electron chi connectivity index (χ2n) is 6.25. The Balaban J connectivity index is 2.06. The summed E-state index contributed by atoms with van der Waals surface area (Å²) in [6.45, 7) is 0.355. The van der Waals surface area contributed by atoms with E-state index in [9.17, 15) is 14.7 Å². The number of amides is 1. The van der Waals surface area contributed by atoms with Crippen molar-refractivity contribution >= 4 is 33.4 Å². The fraction of sp³-hybridized carbons (Fsp3) is 0.238. The predicted octanol–water partition coefficient (Wildman–Crippen LogP) is 2.88. The Morgan fingerprint density at radius 2 is 1.82 bits per heavy atom. The maximum atomic E-state index is 12.8. The third-order valence-corrected chi connectivity index (χ3v) is 4.96. The summed E-state index contributed by atoms with van der Waals surface area (Å²) in [4.78, 5) is 26.9. The summed E-state index contributed by atoms with van der Waals surface area (Å²) in [6.07, 6.45) is 0. The summed E-state index contributed by atoms with van der Waals surface area (Å²) in [6, 6.07) is 15.2. The number of hydrogen-bond donors (Lipinski definition) is 2. The number of likely N-dealkylation sites (tertiary alicyclic amines) is 1. The molecule has 0 aromatic heterocycles.